The van der Waals surface area contributed by atoms with Gasteiger partial charge in [-0.2, -0.15) is 0 Å². The van der Waals surface area contributed by atoms with Crippen LogP contribution < -0.4 is 4.74 Å². The van der Waals surface area contributed by atoms with Gasteiger partial charge in [-0.3, -0.25) is 9.78 Å². The maximum absolute atomic E-state index is 10.6. The van der Waals surface area contributed by atoms with Gasteiger partial charge in [-0.15, -0.1) is 0 Å². The highest BCUT2D eigenvalue weighted by molar-refractivity contribution is 5.93. The summed E-state index contributed by atoms with van der Waals surface area (Å²) in [6.45, 7) is 1.56. The van der Waals surface area contributed by atoms with Gasteiger partial charge in [-0.05, 0) is 19.1 Å². The SMILES string of the molecule is CC(=O)c1ccccc1.COc1ccncc1. The van der Waals surface area contributed by atoms with Crippen molar-refractivity contribution < 1.29 is 9.53 Å². The molecule has 1 heterocycles. The molecule has 3 heteroatoms. The van der Waals surface area contributed by atoms with E-state index >= 15 is 0 Å². The van der Waals surface area contributed by atoms with E-state index in [0.29, 0.717) is 0 Å². The van der Waals surface area contributed by atoms with Crippen LogP contribution in [-0.4, -0.2) is 17.9 Å². The maximum Gasteiger partial charge on any atom is 0.159 e. The Morgan fingerprint density at radius 3 is 2.00 bits per heavy atom. The molecule has 2 aromatic rings. The zero-order valence-electron chi connectivity index (χ0n) is 9.96. The molecule has 0 N–H and O–H groups in total. The lowest BCUT2D eigenvalue weighted by Gasteiger charge is -1.93. The number of pyridine rings is 1. The third-order valence-corrected chi connectivity index (χ3v) is 2.07. The third-order valence-electron chi connectivity index (χ3n) is 2.07. The molecule has 0 saturated heterocycles. The predicted octanol–water partition coefficient (Wildman–Crippen LogP) is 2.98. The van der Waals surface area contributed by atoms with Gasteiger partial charge >= 0.3 is 0 Å². The van der Waals surface area contributed by atoms with Crippen molar-refractivity contribution in [3.63, 3.8) is 0 Å². The number of rotatable bonds is 2. The molecule has 1 aromatic heterocycles. The largest absolute Gasteiger partial charge is 0.497 e. The van der Waals surface area contributed by atoms with Crippen LogP contribution >= 0.6 is 0 Å². The molecule has 2 rings (SSSR count). The molecule has 0 amide bonds. The molecule has 88 valence electrons. The van der Waals surface area contributed by atoms with Crippen molar-refractivity contribution in [2.75, 3.05) is 7.11 Å². The molecule has 0 fully saturated rings. The van der Waals surface area contributed by atoms with E-state index in [9.17, 15) is 4.79 Å². The van der Waals surface area contributed by atoms with Crippen LogP contribution in [-0.2, 0) is 0 Å². The summed E-state index contributed by atoms with van der Waals surface area (Å²) in [7, 11) is 1.63. The zero-order chi connectivity index (χ0) is 12.5. The van der Waals surface area contributed by atoms with Crippen molar-refractivity contribution in [1.82, 2.24) is 4.98 Å². The Hall–Kier alpha value is -2.16. The molecule has 0 radical (unpaired) electrons. The average Bonchev–Trinajstić information content (AvgIpc) is 2.41. The van der Waals surface area contributed by atoms with Crippen LogP contribution in [0.1, 0.15) is 17.3 Å². The van der Waals surface area contributed by atoms with E-state index in [0.717, 1.165) is 11.3 Å². The van der Waals surface area contributed by atoms with Gasteiger partial charge in [0.15, 0.2) is 5.78 Å². The predicted molar refractivity (Wildman–Crippen MR) is 67.2 cm³/mol. The van der Waals surface area contributed by atoms with Crippen LogP contribution in [0.2, 0.25) is 0 Å². The number of nitrogens with zero attached hydrogens (tertiary/aromatic N) is 1. The Kier molecular flexibility index (Phi) is 5.44. The number of hydrogen-bond acceptors (Lipinski definition) is 3. The van der Waals surface area contributed by atoms with Crippen LogP contribution in [0.15, 0.2) is 54.9 Å². The van der Waals surface area contributed by atoms with Gasteiger partial charge < -0.3 is 4.74 Å². The van der Waals surface area contributed by atoms with Crippen LogP contribution in [0, 0.1) is 0 Å². The van der Waals surface area contributed by atoms with Crippen LogP contribution in [0.3, 0.4) is 0 Å². The average molecular weight is 229 g/mol. The number of ketones is 1. The summed E-state index contributed by atoms with van der Waals surface area (Å²) in [5.41, 5.74) is 0.775. The van der Waals surface area contributed by atoms with Crippen molar-refractivity contribution in [1.29, 1.82) is 0 Å². The van der Waals surface area contributed by atoms with Crippen molar-refractivity contribution >= 4 is 5.78 Å². The first kappa shape index (κ1) is 12.9. The fourth-order valence-electron chi connectivity index (χ4n) is 1.15. The summed E-state index contributed by atoms with van der Waals surface area (Å²) in [5, 5.41) is 0. The highest BCUT2D eigenvalue weighted by Crippen LogP contribution is 2.03. The van der Waals surface area contributed by atoms with Crippen molar-refractivity contribution in [2.45, 2.75) is 6.92 Å². The Bertz CT molecular complexity index is 440. The molecular weight excluding hydrogens is 214 g/mol. The molecule has 0 bridgehead atoms. The first-order chi connectivity index (χ1) is 8.24. The van der Waals surface area contributed by atoms with Crippen molar-refractivity contribution in [2.24, 2.45) is 0 Å². The molecule has 3 nitrogen and oxygen atoms in total. The van der Waals surface area contributed by atoms with Crippen LogP contribution in [0.5, 0.6) is 5.75 Å². The minimum Gasteiger partial charge on any atom is -0.497 e. The molecular formula is C14H15NO2. The summed E-state index contributed by atoms with van der Waals surface area (Å²) in [6.07, 6.45) is 3.39. The first-order valence-electron chi connectivity index (χ1n) is 5.24. The van der Waals surface area contributed by atoms with Gasteiger partial charge in [-0.1, -0.05) is 30.3 Å². The summed E-state index contributed by atoms with van der Waals surface area (Å²) < 4.78 is 4.87. The maximum atomic E-state index is 10.6. The summed E-state index contributed by atoms with van der Waals surface area (Å²) in [5.74, 6) is 0.968. The molecule has 0 aliphatic carbocycles. The van der Waals surface area contributed by atoms with Crippen molar-refractivity contribution in [3.05, 3.63) is 60.4 Å². The fraction of sp³-hybridized carbons (Fsp3) is 0.143. The lowest BCUT2D eigenvalue weighted by atomic mass is 10.2. The monoisotopic (exact) mass is 229 g/mol. The topological polar surface area (TPSA) is 39.2 Å². The fourth-order valence-corrected chi connectivity index (χ4v) is 1.15. The van der Waals surface area contributed by atoms with Gasteiger partial charge in [0.2, 0.25) is 0 Å². The van der Waals surface area contributed by atoms with Crippen molar-refractivity contribution in [3.8, 4) is 5.75 Å². The lowest BCUT2D eigenvalue weighted by Crippen LogP contribution is -1.88. The van der Waals surface area contributed by atoms with E-state index in [-0.39, 0.29) is 5.78 Å². The smallest absolute Gasteiger partial charge is 0.159 e. The quantitative estimate of drug-likeness (QED) is 0.743. The normalized spacial score (nSPS) is 8.82. The van der Waals surface area contributed by atoms with E-state index in [2.05, 4.69) is 4.98 Å². The summed E-state index contributed by atoms with van der Waals surface area (Å²) >= 11 is 0. The Labute approximate surface area is 101 Å². The van der Waals surface area contributed by atoms with E-state index in [1.54, 1.807) is 38.6 Å². The van der Waals surface area contributed by atoms with E-state index < -0.39 is 0 Å². The second-order valence-corrected chi connectivity index (χ2v) is 3.31. The van der Waals surface area contributed by atoms with Crippen LogP contribution in [0.25, 0.3) is 0 Å². The molecule has 0 aliphatic heterocycles. The minimum absolute atomic E-state index is 0.121. The number of methoxy groups -OCH3 is 1. The number of carbonyl (C=O) groups excluding carboxylic acids is 1. The number of hydrogen-bond donors (Lipinski definition) is 0. The lowest BCUT2D eigenvalue weighted by molar-refractivity contribution is 0.101. The van der Waals surface area contributed by atoms with E-state index in [1.165, 1.54) is 0 Å². The Morgan fingerprint density at radius 1 is 1.06 bits per heavy atom. The summed E-state index contributed by atoms with van der Waals surface area (Å²) in [4.78, 5) is 14.5. The first-order valence-corrected chi connectivity index (χ1v) is 5.24. The minimum atomic E-state index is 0.121. The summed E-state index contributed by atoms with van der Waals surface area (Å²) in [6, 6.07) is 12.8. The molecule has 0 spiro atoms. The Morgan fingerprint density at radius 2 is 1.65 bits per heavy atom. The van der Waals surface area contributed by atoms with Crippen LogP contribution in [0.4, 0.5) is 0 Å². The van der Waals surface area contributed by atoms with Gasteiger partial charge in [0, 0.05) is 18.0 Å². The third kappa shape index (κ3) is 4.93. The van der Waals surface area contributed by atoms with Gasteiger partial charge in [0.25, 0.3) is 0 Å². The molecule has 1 aromatic carbocycles. The molecule has 0 aliphatic rings. The standard InChI is InChI=1S/C8H8O.C6H7NO/c1-7(9)8-5-3-2-4-6-8;1-8-6-2-4-7-5-3-6/h2-6H,1H3;2-5H,1H3. The highest BCUT2D eigenvalue weighted by atomic mass is 16.5. The van der Waals surface area contributed by atoms with Gasteiger partial charge in [-0.25, -0.2) is 0 Å². The molecule has 17 heavy (non-hydrogen) atoms. The van der Waals surface area contributed by atoms with Gasteiger partial charge in [0.1, 0.15) is 5.75 Å². The number of benzene rings is 1. The van der Waals surface area contributed by atoms with E-state index in [1.807, 2.05) is 30.3 Å². The second kappa shape index (κ2) is 7.17. The molecule has 0 atom stereocenters. The number of ether oxygens (including phenoxy) is 1. The second-order valence-electron chi connectivity index (χ2n) is 3.31. The van der Waals surface area contributed by atoms with E-state index in [4.69, 9.17) is 4.74 Å². The number of aromatic nitrogens is 1. The number of Topliss-reactive ketones (excluding diaryl/α,β-unsaturated/α-hetero) is 1. The van der Waals surface area contributed by atoms with Gasteiger partial charge in [0.05, 0.1) is 7.11 Å². The zero-order valence-corrected chi connectivity index (χ0v) is 9.96. The Balaban J connectivity index is 0.000000171. The number of carbonyl (C=O) groups is 1. The molecule has 0 unspecified atom stereocenters. The molecule has 0 saturated carbocycles. The highest BCUT2D eigenvalue weighted by Gasteiger charge is 1.92.